The van der Waals surface area contributed by atoms with Crippen LogP contribution in [0.5, 0.6) is 0 Å². The summed E-state index contributed by atoms with van der Waals surface area (Å²) in [6.07, 6.45) is 0. The number of nitrogens with one attached hydrogen (secondary N) is 1. The minimum atomic E-state index is -0.840. The molecule has 0 aromatic heterocycles. The average Bonchev–Trinajstić information content (AvgIpc) is 1.81. The first-order valence-electron chi connectivity index (χ1n) is 2.54. The molecule has 0 aliphatic heterocycles. The van der Waals surface area contributed by atoms with Crippen LogP contribution in [-0.2, 0) is 4.79 Å². The molecule has 0 saturated carbocycles. The van der Waals surface area contributed by atoms with Gasteiger partial charge in [-0.2, -0.15) is 5.26 Å². The first-order valence-corrected chi connectivity index (χ1v) is 2.94. The van der Waals surface area contributed by atoms with Crippen LogP contribution in [0.4, 0.5) is 0 Å². The molecule has 0 bridgehead atoms. The predicted molar refractivity (Wildman–Crippen MR) is 40.0 cm³/mol. The third-order valence-electron chi connectivity index (χ3n) is 0.761. The molecule has 0 fully saturated rings. The molecule has 54 valence electrons. The third kappa shape index (κ3) is 2.99. The van der Waals surface area contributed by atoms with E-state index in [0.717, 1.165) is 0 Å². The van der Waals surface area contributed by atoms with E-state index < -0.39 is 6.04 Å². The summed E-state index contributed by atoms with van der Waals surface area (Å²) in [6.45, 7) is 1.29. The summed E-state index contributed by atoms with van der Waals surface area (Å²) in [7, 11) is 0. The zero-order valence-electron chi connectivity index (χ0n) is 5.42. The highest BCUT2D eigenvalue weighted by molar-refractivity contribution is 7.80. The van der Waals surface area contributed by atoms with Crippen molar-refractivity contribution in [2.45, 2.75) is 13.0 Å². The van der Waals surface area contributed by atoms with Gasteiger partial charge in [0.1, 0.15) is 4.99 Å². The zero-order chi connectivity index (χ0) is 8.15. The molecule has 0 spiro atoms. The van der Waals surface area contributed by atoms with Crippen molar-refractivity contribution >= 4 is 23.1 Å². The van der Waals surface area contributed by atoms with Crippen molar-refractivity contribution in [2.24, 2.45) is 5.73 Å². The molecule has 3 N–H and O–H groups in total. The molecule has 0 aromatic rings. The van der Waals surface area contributed by atoms with Gasteiger partial charge in [0.15, 0.2) is 6.04 Å². The van der Waals surface area contributed by atoms with E-state index in [1.807, 2.05) is 0 Å². The van der Waals surface area contributed by atoms with Crippen molar-refractivity contribution in [3.63, 3.8) is 0 Å². The van der Waals surface area contributed by atoms with Crippen LogP contribution in [0, 0.1) is 11.3 Å². The van der Waals surface area contributed by atoms with Crippen molar-refractivity contribution in [1.82, 2.24) is 5.32 Å². The smallest absolute Gasteiger partial charge is 0.218 e. The second-order valence-corrected chi connectivity index (χ2v) is 2.14. The number of nitriles is 1. The van der Waals surface area contributed by atoms with Crippen molar-refractivity contribution in [1.29, 1.82) is 5.26 Å². The van der Waals surface area contributed by atoms with Gasteiger partial charge < -0.3 is 11.1 Å². The Balaban J connectivity index is 4.00. The highest BCUT2D eigenvalue weighted by Gasteiger charge is 2.09. The molecule has 0 saturated heterocycles. The molecular weight excluding hydrogens is 150 g/mol. The monoisotopic (exact) mass is 157 g/mol. The Hall–Kier alpha value is -1.15. The van der Waals surface area contributed by atoms with E-state index in [-0.39, 0.29) is 10.9 Å². The number of carbonyl (C=O) groups is 1. The van der Waals surface area contributed by atoms with Crippen LogP contribution in [0.2, 0.25) is 0 Å². The second-order valence-electron chi connectivity index (χ2n) is 1.67. The summed E-state index contributed by atoms with van der Waals surface area (Å²) >= 11 is 4.48. The second kappa shape index (κ2) is 3.80. The number of carbonyl (C=O) groups excluding carboxylic acids is 1. The fourth-order valence-electron chi connectivity index (χ4n) is 0.370. The van der Waals surface area contributed by atoms with Gasteiger partial charge in [0, 0.05) is 6.92 Å². The van der Waals surface area contributed by atoms with Crippen LogP contribution in [0.25, 0.3) is 0 Å². The highest BCUT2D eigenvalue weighted by Crippen LogP contribution is 1.80. The van der Waals surface area contributed by atoms with Gasteiger partial charge in [0.05, 0.1) is 6.07 Å². The molecule has 1 amide bonds. The maximum Gasteiger partial charge on any atom is 0.218 e. The van der Waals surface area contributed by atoms with Crippen LogP contribution >= 0.6 is 12.2 Å². The predicted octanol–water partition coefficient (Wildman–Crippen LogP) is -0.699. The van der Waals surface area contributed by atoms with Crippen molar-refractivity contribution in [3.8, 4) is 6.07 Å². The Kier molecular flexibility index (Phi) is 3.36. The van der Waals surface area contributed by atoms with Gasteiger partial charge in [-0.25, -0.2) is 0 Å². The lowest BCUT2D eigenvalue weighted by Gasteiger charge is -2.05. The van der Waals surface area contributed by atoms with Crippen molar-refractivity contribution < 1.29 is 4.79 Å². The Bertz CT molecular complexity index is 196. The lowest BCUT2D eigenvalue weighted by atomic mass is 10.3. The fraction of sp³-hybridized carbons (Fsp3) is 0.400. The molecule has 10 heavy (non-hydrogen) atoms. The lowest BCUT2D eigenvalue weighted by molar-refractivity contribution is -0.119. The first kappa shape index (κ1) is 8.85. The topological polar surface area (TPSA) is 78.9 Å². The number of hydrogen-bond donors (Lipinski definition) is 2. The van der Waals surface area contributed by atoms with Crippen molar-refractivity contribution in [3.05, 3.63) is 0 Å². The van der Waals surface area contributed by atoms with Crippen molar-refractivity contribution in [2.75, 3.05) is 0 Å². The van der Waals surface area contributed by atoms with E-state index in [4.69, 9.17) is 11.0 Å². The molecule has 0 aliphatic rings. The Labute approximate surface area is 64.0 Å². The molecule has 1 atom stereocenters. The molecule has 5 heteroatoms. The summed E-state index contributed by atoms with van der Waals surface area (Å²) in [5, 5.41) is 10.6. The summed E-state index contributed by atoms with van der Waals surface area (Å²) < 4.78 is 0. The maximum atomic E-state index is 10.3. The summed E-state index contributed by atoms with van der Waals surface area (Å²) in [6, 6.07) is 0.894. The number of nitrogens with zero attached hydrogens (tertiary/aromatic N) is 1. The van der Waals surface area contributed by atoms with E-state index in [0.29, 0.717) is 0 Å². The Morgan fingerprint density at radius 1 is 1.90 bits per heavy atom. The normalized spacial score (nSPS) is 11.2. The van der Waals surface area contributed by atoms with Gasteiger partial charge in [0.2, 0.25) is 5.91 Å². The zero-order valence-corrected chi connectivity index (χ0v) is 6.23. The van der Waals surface area contributed by atoms with E-state index in [1.165, 1.54) is 6.92 Å². The van der Waals surface area contributed by atoms with Crippen LogP contribution in [0.15, 0.2) is 0 Å². The average molecular weight is 157 g/mol. The summed E-state index contributed by atoms with van der Waals surface area (Å²) in [4.78, 5) is 10.3. The van der Waals surface area contributed by atoms with E-state index in [2.05, 4.69) is 17.5 Å². The number of rotatable bonds is 2. The molecule has 4 nitrogen and oxygen atoms in total. The highest BCUT2D eigenvalue weighted by atomic mass is 32.1. The number of hydrogen-bond acceptors (Lipinski definition) is 3. The molecule has 0 rings (SSSR count). The van der Waals surface area contributed by atoms with E-state index in [1.54, 1.807) is 6.07 Å². The standard InChI is InChI=1S/C5H7N3OS/c1-3(9)8-4(2-6)5(7)10/h4H,1H3,(H2,7,10)(H,8,9). The third-order valence-corrected chi connectivity index (χ3v) is 0.997. The molecule has 0 aliphatic carbocycles. The minimum Gasteiger partial charge on any atom is -0.391 e. The fourth-order valence-corrected chi connectivity index (χ4v) is 0.482. The number of amides is 1. The van der Waals surface area contributed by atoms with Gasteiger partial charge in [-0.1, -0.05) is 12.2 Å². The number of thiocarbonyl (C=S) groups is 1. The molecule has 0 heterocycles. The summed E-state index contributed by atoms with van der Waals surface area (Å²) in [5.74, 6) is -0.320. The van der Waals surface area contributed by atoms with Gasteiger partial charge in [0.25, 0.3) is 0 Å². The van der Waals surface area contributed by atoms with Gasteiger partial charge in [-0.05, 0) is 0 Å². The first-order chi connectivity index (χ1) is 4.57. The van der Waals surface area contributed by atoms with Crippen LogP contribution in [-0.4, -0.2) is 16.9 Å². The van der Waals surface area contributed by atoms with Gasteiger partial charge in [-0.3, -0.25) is 4.79 Å². The van der Waals surface area contributed by atoms with Crippen LogP contribution in [0.3, 0.4) is 0 Å². The maximum absolute atomic E-state index is 10.3. The van der Waals surface area contributed by atoms with Crippen LogP contribution < -0.4 is 11.1 Å². The molecular formula is C5H7N3OS. The minimum absolute atomic E-state index is 0.0160. The quantitative estimate of drug-likeness (QED) is 0.519. The van der Waals surface area contributed by atoms with E-state index in [9.17, 15) is 4.79 Å². The SMILES string of the molecule is CC(=O)NC(C#N)C(N)=S. The number of nitrogens with two attached hydrogens (primary N) is 1. The molecule has 0 radical (unpaired) electrons. The Morgan fingerprint density at radius 2 is 2.40 bits per heavy atom. The lowest BCUT2D eigenvalue weighted by Crippen LogP contribution is -2.41. The van der Waals surface area contributed by atoms with Gasteiger partial charge >= 0.3 is 0 Å². The Morgan fingerprint density at radius 3 is 2.50 bits per heavy atom. The summed E-state index contributed by atoms with van der Waals surface area (Å²) in [5.41, 5.74) is 5.09. The van der Waals surface area contributed by atoms with E-state index >= 15 is 0 Å². The van der Waals surface area contributed by atoms with Gasteiger partial charge in [-0.15, -0.1) is 0 Å². The largest absolute Gasteiger partial charge is 0.391 e. The van der Waals surface area contributed by atoms with Crippen LogP contribution in [0.1, 0.15) is 6.92 Å². The molecule has 1 unspecified atom stereocenters. The molecule has 0 aromatic carbocycles.